The fourth-order valence-corrected chi connectivity index (χ4v) is 12.0. The molecular formula is C43H60N10O4S. The van der Waals surface area contributed by atoms with Gasteiger partial charge in [-0.15, -0.1) is 6.58 Å². The van der Waals surface area contributed by atoms with Gasteiger partial charge in [0.05, 0.1) is 5.52 Å². The van der Waals surface area contributed by atoms with Gasteiger partial charge in [0.15, 0.2) is 0 Å². The van der Waals surface area contributed by atoms with Crippen LogP contribution in [0.25, 0.3) is 11.0 Å². The van der Waals surface area contributed by atoms with Crippen molar-refractivity contribution < 1.29 is 14.3 Å². The molecule has 14 nitrogen and oxygen atoms in total. The Morgan fingerprint density at radius 2 is 1.84 bits per heavy atom. The second-order valence-corrected chi connectivity index (χ2v) is 19.3. The minimum atomic E-state index is -0.717. The highest BCUT2D eigenvalue weighted by molar-refractivity contribution is 7.94. The van der Waals surface area contributed by atoms with Crippen LogP contribution in [0.4, 0.5) is 11.8 Å². The second kappa shape index (κ2) is 15.9. The maximum Gasteiger partial charge on any atom is 0.329 e. The molecule has 3 atom stereocenters. The lowest BCUT2D eigenvalue weighted by Gasteiger charge is -2.54. The van der Waals surface area contributed by atoms with Crippen LogP contribution in [0.15, 0.2) is 41.8 Å². The van der Waals surface area contributed by atoms with Crippen LogP contribution in [0.3, 0.4) is 0 Å². The number of carbonyl (C=O) groups is 2. The van der Waals surface area contributed by atoms with Gasteiger partial charge < -0.3 is 15.0 Å². The van der Waals surface area contributed by atoms with E-state index in [1.165, 1.54) is 42.2 Å². The van der Waals surface area contributed by atoms with Crippen LogP contribution in [-0.2, 0) is 22.1 Å². The summed E-state index contributed by atoms with van der Waals surface area (Å²) in [5.41, 5.74) is 2.62. The number of imidazole rings is 1. The molecule has 1 spiro atoms. The molecule has 6 aliphatic rings. The number of piperidine rings is 3. The fourth-order valence-electron chi connectivity index (χ4n) is 10.6. The zero-order valence-corrected chi connectivity index (χ0v) is 35.3. The highest BCUT2D eigenvalue weighted by Crippen LogP contribution is 2.52. The van der Waals surface area contributed by atoms with Crippen molar-refractivity contribution >= 4 is 46.7 Å². The number of amides is 2. The maximum atomic E-state index is 13.3. The highest BCUT2D eigenvalue weighted by atomic mass is 32.2. The van der Waals surface area contributed by atoms with Crippen molar-refractivity contribution in [2.45, 2.75) is 101 Å². The number of nitrogens with one attached hydrogen (secondary N) is 2. The average Bonchev–Trinajstić information content (AvgIpc) is 3.82. The summed E-state index contributed by atoms with van der Waals surface area (Å²) < 4.78 is 14.5. The normalized spacial score (nSPS) is 26.4. The summed E-state index contributed by atoms with van der Waals surface area (Å²) in [7, 11) is 3.94. The Bertz CT molecular complexity index is 2100. The Labute approximate surface area is 346 Å². The SMILES string of the molecule is C=CC1(c2cnc(NC3CCN(SN4CC5(CCCN(CCOc6cccc7c6n(C)c(=O)n7C6CCC(=O)NC6=O)C5)C4)CC3)nc2N(C)C2CCCC2C)CC1. The van der Waals surface area contributed by atoms with Gasteiger partial charge in [-0.1, -0.05) is 25.5 Å². The number of aryl methyl sites for hydroxylation is 1. The summed E-state index contributed by atoms with van der Waals surface area (Å²) in [4.78, 5) is 52.8. The number of likely N-dealkylation sites (tertiary alicyclic amines) is 1. The Hall–Kier alpha value is -3.92. The molecule has 4 aliphatic heterocycles. The van der Waals surface area contributed by atoms with E-state index in [1.54, 1.807) is 11.6 Å². The van der Waals surface area contributed by atoms with E-state index in [0.29, 0.717) is 53.2 Å². The van der Waals surface area contributed by atoms with Crippen LogP contribution in [0, 0.1) is 11.3 Å². The monoisotopic (exact) mass is 812 g/mol. The molecule has 2 aromatic heterocycles. The van der Waals surface area contributed by atoms with E-state index in [4.69, 9.17) is 14.7 Å². The van der Waals surface area contributed by atoms with Crippen LogP contribution >= 0.6 is 12.1 Å². The lowest BCUT2D eigenvalue weighted by atomic mass is 9.75. The molecule has 2 saturated carbocycles. The van der Waals surface area contributed by atoms with Crippen molar-refractivity contribution in [1.29, 1.82) is 0 Å². The standard InChI is InChI=1S/C43H60N10O4S/c1-5-43(18-19-43)31-25-44-40(47-38(31)48(3)32-10-6-9-29(32)2)45-30-15-21-51(22-16-30)58-52-27-42(28-52)17-8-20-50(26-42)23-24-57-35-12-7-11-33-37(35)49(4)41(56)53(33)34-13-14-36(54)46-39(34)55/h5,7,11-12,25,29-30,32,34H,1,6,8-10,13-24,26-28H2,2-4H3,(H,44,45,47)(H,46,54,55). The Kier molecular flexibility index (Phi) is 10.9. The number of rotatable bonds is 13. The molecule has 312 valence electrons. The molecule has 1 aromatic carbocycles. The summed E-state index contributed by atoms with van der Waals surface area (Å²) >= 11 is 1.93. The molecule has 2 N–H and O–H groups in total. The van der Waals surface area contributed by atoms with E-state index in [-0.39, 0.29) is 23.4 Å². The van der Waals surface area contributed by atoms with Crippen LogP contribution in [0.1, 0.15) is 89.2 Å². The van der Waals surface area contributed by atoms with Crippen molar-refractivity contribution in [1.82, 2.24) is 37.9 Å². The third-order valence-corrected chi connectivity index (χ3v) is 15.3. The van der Waals surface area contributed by atoms with E-state index in [2.05, 4.69) is 61.9 Å². The molecule has 3 aromatic rings. The quantitative estimate of drug-likeness (QED) is 0.139. The second-order valence-electron chi connectivity index (χ2n) is 18.1. The lowest BCUT2D eigenvalue weighted by Crippen LogP contribution is -2.61. The number of nitrogens with zero attached hydrogens (tertiary/aromatic N) is 8. The van der Waals surface area contributed by atoms with E-state index in [1.807, 2.05) is 30.3 Å². The zero-order chi connectivity index (χ0) is 40.2. The van der Waals surface area contributed by atoms with Crippen molar-refractivity contribution in [3.63, 3.8) is 0 Å². The predicted molar refractivity (Wildman–Crippen MR) is 228 cm³/mol. The number of para-hydroxylation sites is 1. The van der Waals surface area contributed by atoms with Gasteiger partial charge in [-0.2, -0.15) is 4.98 Å². The first-order valence-corrected chi connectivity index (χ1v) is 22.4. The molecule has 3 unspecified atom stereocenters. The zero-order valence-electron chi connectivity index (χ0n) is 34.5. The molecule has 15 heteroatoms. The molecular weight excluding hydrogens is 753 g/mol. The number of hydrogen-bond donors (Lipinski definition) is 2. The summed E-state index contributed by atoms with van der Waals surface area (Å²) in [6, 6.07) is 5.76. The molecule has 58 heavy (non-hydrogen) atoms. The van der Waals surface area contributed by atoms with Crippen molar-refractivity contribution in [2.24, 2.45) is 18.4 Å². The van der Waals surface area contributed by atoms with Crippen LogP contribution in [-0.4, -0.2) is 116 Å². The minimum Gasteiger partial charge on any atom is -0.490 e. The largest absolute Gasteiger partial charge is 0.490 e. The first-order valence-electron chi connectivity index (χ1n) is 21.6. The van der Waals surface area contributed by atoms with E-state index < -0.39 is 11.9 Å². The minimum absolute atomic E-state index is 0.0306. The number of benzene rings is 1. The summed E-state index contributed by atoms with van der Waals surface area (Å²) in [5.74, 6) is 2.41. The number of imide groups is 1. The number of carbonyl (C=O) groups excluding carboxylic acids is 2. The summed E-state index contributed by atoms with van der Waals surface area (Å²) in [5, 5.41) is 6.11. The number of anilines is 2. The predicted octanol–water partition coefficient (Wildman–Crippen LogP) is 4.87. The van der Waals surface area contributed by atoms with E-state index >= 15 is 0 Å². The molecule has 9 rings (SSSR count). The number of allylic oxidation sites excluding steroid dienone is 1. The van der Waals surface area contributed by atoms with Gasteiger partial charge in [0.2, 0.25) is 17.8 Å². The van der Waals surface area contributed by atoms with Gasteiger partial charge in [-0.25, -0.2) is 18.4 Å². The third kappa shape index (κ3) is 7.56. The number of fused-ring (bicyclic) bond motifs is 1. The topological polar surface area (TPSA) is 133 Å². The van der Waals surface area contributed by atoms with Gasteiger partial charge in [0, 0.05) is 107 Å². The summed E-state index contributed by atoms with van der Waals surface area (Å²) in [6.45, 7) is 14.3. The van der Waals surface area contributed by atoms with Crippen molar-refractivity contribution in [3.05, 3.63) is 53.1 Å². The van der Waals surface area contributed by atoms with Crippen molar-refractivity contribution in [3.8, 4) is 5.75 Å². The molecule has 0 bridgehead atoms. The fraction of sp³-hybridized carbons (Fsp3) is 0.651. The average molecular weight is 813 g/mol. The summed E-state index contributed by atoms with van der Waals surface area (Å²) in [6.07, 6.45) is 15.3. The van der Waals surface area contributed by atoms with Crippen LogP contribution in [0.5, 0.6) is 5.75 Å². The smallest absolute Gasteiger partial charge is 0.329 e. The molecule has 2 amide bonds. The van der Waals surface area contributed by atoms with Crippen molar-refractivity contribution in [2.75, 3.05) is 69.7 Å². The molecule has 4 saturated heterocycles. The Morgan fingerprint density at radius 3 is 2.57 bits per heavy atom. The highest BCUT2D eigenvalue weighted by Gasteiger charge is 2.47. The Morgan fingerprint density at radius 1 is 1.03 bits per heavy atom. The van der Waals surface area contributed by atoms with Gasteiger partial charge in [0.1, 0.15) is 29.7 Å². The van der Waals surface area contributed by atoms with Gasteiger partial charge in [0.25, 0.3) is 0 Å². The first-order chi connectivity index (χ1) is 28.0. The Balaban J connectivity index is 0.745. The number of ether oxygens (including phenoxy) is 1. The first kappa shape index (κ1) is 39.5. The lowest BCUT2D eigenvalue weighted by molar-refractivity contribution is -0.135. The number of hydrogen-bond acceptors (Lipinski definition) is 12. The third-order valence-electron chi connectivity index (χ3n) is 14.2. The molecule has 2 aliphatic carbocycles. The van der Waals surface area contributed by atoms with Gasteiger partial charge in [-0.05, 0) is 82.4 Å². The van der Waals surface area contributed by atoms with E-state index in [0.717, 1.165) is 83.3 Å². The number of aromatic nitrogens is 4. The van der Waals surface area contributed by atoms with E-state index in [9.17, 15) is 14.4 Å². The maximum absolute atomic E-state index is 13.3. The molecule has 0 radical (unpaired) electrons. The van der Waals surface area contributed by atoms with Gasteiger partial charge in [-0.3, -0.25) is 28.9 Å². The molecule has 6 heterocycles. The van der Waals surface area contributed by atoms with Crippen LogP contribution < -0.4 is 26.0 Å². The van der Waals surface area contributed by atoms with Gasteiger partial charge >= 0.3 is 5.69 Å². The van der Waals surface area contributed by atoms with Crippen LogP contribution in [0.2, 0.25) is 0 Å². The molecule has 6 fully saturated rings.